The topological polar surface area (TPSA) is 44.1 Å². The van der Waals surface area contributed by atoms with Crippen LogP contribution in [0.3, 0.4) is 0 Å². The molecule has 1 aliphatic rings. The number of hydrogen-bond donors (Lipinski definition) is 0. The van der Waals surface area contributed by atoms with Gasteiger partial charge in [-0.15, -0.1) is 0 Å². The number of ketones is 1. The highest BCUT2D eigenvalue weighted by Gasteiger charge is 2.17. The quantitative estimate of drug-likeness (QED) is 0.806. The molecule has 0 amide bonds. The molecular weight excluding hydrogens is 264 g/mol. The zero-order chi connectivity index (χ0) is 14.8. The summed E-state index contributed by atoms with van der Waals surface area (Å²) in [6.07, 6.45) is 7.30. The van der Waals surface area contributed by atoms with Crippen molar-refractivity contribution >= 4 is 5.78 Å². The molecule has 110 valence electrons. The summed E-state index contributed by atoms with van der Waals surface area (Å²) in [6, 6.07) is 5.81. The number of aryl methyl sites for hydroxylation is 1. The van der Waals surface area contributed by atoms with Crippen molar-refractivity contribution in [1.82, 2.24) is 9.78 Å². The highest BCUT2D eigenvalue weighted by Crippen LogP contribution is 2.27. The Labute approximate surface area is 124 Å². The maximum atomic E-state index is 11.4. The van der Waals surface area contributed by atoms with Gasteiger partial charge in [-0.3, -0.25) is 4.79 Å². The van der Waals surface area contributed by atoms with Crippen molar-refractivity contribution in [2.24, 2.45) is 0 Å². The molecule has 1 aromatic carbocycles. The zero-order valence-corrected chi connectivity index (χ0v) is 12.5. The molecule has 1 aliphatic heterocycles. The van der Waals surface area contributed by atoms with E-state index in [1.165, 1.54) is 6.42 Å². The number of hydrogen-bond acceptors (Lipinski definition) is 3. The van der Waals surface area contributed by atoms with Gasteiger partial charge in [0.1, 0.15) is 6.23 Å². The van der Waals surface area contributed by atoms with Crippen LogP contribution in [0.1, 0.15) is 48.3 Å². The van der Waals surface area contributed by atoms with Gasteiger partial charge in [-0.2, -0.15) is 5.10 Å². The van der Waals surface area contributed by atoms with E-state index < -0.39 is 0 Å². The zero-order valence-electron chi connectivity index (χ0n) is 12.5. The summed E-state index contributed by atoms with van der Waals surface area (Å²) < 4.78 is 7.66. The van der Waals surface area contributed by atoms with E-state index in [1.54, 1.807) is 6.92 Å². The Morgan fingerprint density at radius 2 is 2.24 bits per heavy atom. The Bertz CT molecular complexity index is 655. The minimum absolute atomic E-state index is 0.0595. The molecule has 1 unspecified atom stereocenters. The molecule has 1 aromatic heterocycles. The smallest absolute Gasteiger partial charge is 0.159 e. The van der Waals surface area contributed by atoms with Crippen molar-refractivity contribution in [3.05, 3.63) is 41.7 Å². The van der Waals surface area contributed by atoms with Crippen molar-refractivity contribution in [3.63, 3.8) is 0 Å². The standard InChI is InChI=1S/C17H20N2O2/c1-12-9-14(13(2)20)6-7-16(12)15-10-18-19(11-15)17-5-3-4-8-21-17/h6-7,9-11,17H,3-5,8H2,1-2H3. The largest absolute Gasteiger partial charge is 0.357 e. The minimum atomic E-state index is 0.0595. The van der Waals surface area contributed by atoms with Gasteiger partial charge in [0.25, 0.3) is 0 Å². The van der Waals surface area contributed by atoms with E-state index in [4.69, 9.17) is 4.74 Å². The monoisotopic (exact) mass is 284 g/mol. The van der Waals surface area contributed by atoms with Crippen LogP contribution in [0.25, 0.3) is 11.1 Å². The van der Waals surface area contributed by atoms with Crippen LogP contribution in [0.5, 0.6) is 0 Å². The molecule has 0 spiro atoms. The molecular formula is C17H20N2O2. The number of nitrogens with zero attached hydrogens (tertiary/aromatic N) is 2. The Morgan fingerprint density at radius 1 is 1.38 bits per heavy atom. The first-order valence-corrected chi connectivity index (χ1v) is 7.43. The van der Waals surface area contributed by atoms with Crippen molar-refractivity contribution in [2.75, 3.05) is 6.61 Å². The fourth-order valence-electron chi connectivity index (χ4n) is 2.77. The lowest BCUT2D eigenvalue weighted by Gasteiger charge is -2.22. The third-order valence-electron chi connectivity index (χ3n) is 4.00. The molecule has 1 atom stereocenters. The second kappa shape index (κ2) is 5.82. The first-order valence-electron chi connectivity index (χ1n) is 7.43. The number of carbonyl (C=O) groups excluding carboxylic acids is 1. The average Bonchev–Trinajstić information content (AvgIpc) is 2.97. The van der Waals surface area contributed by atoms with Crippen LogP contribution in [0.2, 0.25) is 0 Å². The van der Waals surface area contributed by atoms with E-state index in [0.29, 0.717) is 0 Å². The molecule has 3 rings (SSSR count). The number of ether oxygens (including phenoxy) is 1. The Morgan fingerprint density at radius 3 is 2.90 bits per heavy atom. The van der Waals surface area contributed by atoms with Gasteiger partial charge in [-0.25, -0.2) is 4.68 Å². The summed E-state index contributed by atoms with van der Waals surface area (Å²) in [7, 11) is 0. The minimum Gasteiger partial charge on any atom is -0.357 e. The van der Waals surface area contributed by atoms with Gasteiger partial charge in [0.2, 0.25) is 0 Å². The fraction of sp³-hybridized carbons (Fsp3) is 0.412. The number of benzene rings is 1. The Kier molecular flexibility index (Phi) is 3.88. The van der Waals surface area contributed by atoms with Gasteiger partial charge in [0, 0.05) is 23.9 Å². The van der Waals surface area contributed by atoms with Gasteiger partial charge >= 0.3 is 0 Å². The van der Waals surface area contributed by atoms with E-state index >= 15 is 0 Å². The lowest BCUT2D eigenvalue weighted by molar-refractivity contribution is -0.0394. The van der Waals surface area contributed by atoms with Crippen LogP contribution in [0, 0.1) is 6.92 Å². The van der Waals surface area contributed by atoms with Crippen LogP contribution >= 0.6 is 0 Å². The molecule has 2 heterocycles. The summed E-state index contributed by atoms with van der Waals surface area (Å²) in [4.78, 5) is 11.4. The van der Waals surface area contributed by atoms with Gasteiger partial charge in [-0.05, 0) is 50.3 Å². The number of aromatic nitrogens is 2. The van der Waals surface area contributed by atoms with Crippen molar-refractivity contribution < 1.29 is 9.53 Å². The lowest BCUT2D eigenvalue weighted by atomic mass is 9.99. The molecule has 0 aliphatic carbocycles. The third kappa shape index (κ3) is 2.90. The number of rotatable bonds is 3. The second-order valence-corrected chi connectivity index (χ2v) is 5.62. The number of Topliss-reactive ketones (excluding diaryl/α,β-unsaturated/α-hetero) is 1. The first-order chi connectivity index (χ1) is 10.1. The van der Waals surface area contributed by atoms with E-state index in [2.05, 4.69) is 5.10 Å². The Balaban J connectivity index is 1.87. The SMILES string of the molecule is CC(=O)c1ccc(-c2cnn(C3CCCCO3)c2)c(C)c1. The van der Waals surface area contributed by atoms with E-state index in [9.17, 15) is 4.79 Å². The molecule has 1 fully saturated rings. The predicted octanol–water partition coefficient (Wildman–Crippen LogP) is 3.76. The summed E-state index contributed by atoms with van der Waals surface area (Å²) in [5, 5.41) is 4.44. The van der Waals surface area contributed by atoms with Gasteiger partial charge in [0.05, 0.1) is 6.20 Å². The summed E-state index contributed by atoms with van der Waals surface area (Å²) in [5.41, 5.74) is 4.02. The summed E-state index contributed by atoms with van der Waals surface area (Å²) >= 11 is 0. The molecule has 0 saturated carbocycles. The average molecular weight is 284 g/mol. The Hall–Kier alpha value is -1.94. The van der Waals surface area contributed by atoms with Crippen molar-refractivity contribution in [2.45, 2.75) is 39.3 Å². The van der Waals surface area contributed by atoms with Crippen LogP contribution in [0.4, 0.5) is 0 Å². The molecule has 0 radical (unpaired) electrons. The molecule has 0 N–H and O–H groups in total. The van der Waals surface area contributed by atoms with Crippen LogP contribution in [-0.4, -0.2) is 22.2 Å². The van der Waals surface area contributed by atoms with Gasteiger partial charge in [-0.1, -0.05) is 12.1 Å². The molecule has 21 heavy (non-hydrogen) atoms. The van der Waals surface area contributed by atoms with E-state index in [-0.39, 0.29) is 12.0 Å². The van der Waals surface area contributed by atoms with Gasteiger partial charge < -0.3 is 4.74 Å². The van der Waals surface area contributed by atoms with E-state index in [0.717, 1.165) is 41.7 Å². The predicted molar refractivity (Wildman–Crippen MR) is 81.2 cm³/mol. The highest BCUT2D eigenvalue weighted by molar-refractivity contribution is 5.94. The van der Waals surface area contributed by atoms with Crippen LogP contribution in [-0.2, 0) is 4.74 Å². The van der Waals surface area contributed by atoms with E-state index in [1.807, 2.05) is 42.2 Å². The molecule has 0 bridgehead atoms. The summed E-state index contributed by atoms with van der Waals surface area (Å²) in [6.45, 7) is 4.43. The fourth-order valence-corrected chi connectivity index (χ4v) is 2.77. The maximum Gasteiger partial charge on any atom is 0.159 e. The normalized spacial score (nSPS) is 18.7. The van der Waals surface area contributed by atoms with Crippen LogP contribution in [0.15, 0.2) is 30.6 Å². The number of carbonyl (C=O) groups is 1. The maximum absolute atomic E-state index is 11.4. The molecule has 2 aromatic rings. The molecule has 1 saturated heterocycles. The van der Waals surface area contributed by atoms with Gasteiger partial charge in [0.15, 0.2) is 5.78 Å². The summed E-state index contributed by atoms with van der Waals surface area (Å²) in [5.74, 6) is 0.0935. The molecule has 4 heteroatoms. The highest BCUT2D eigenvalue weighted by atomic mass is 16.5. The second-order valence-electron chi connectivity index (χ2n) is 5.62. The third-order valence-corrected chi connectivity index (χ3v) is 4.00. The van der Waals surface area contributed by atoms with Crippen molar-refractivity contribution in [1.29, 1.82) is 0 Å². The van der Waals surface area contributed by atoms with Crippen molar-refractivity contribution in [3.8, 4) is 11.1 Å². The first kappa shape index (κ1) is 14.0. The molecule has 4 nitrogen and oxygen atoms in total. The lowest BCUT2D eigenvalue weighted by Crippen LogP contribution is -2.18. The van der Waals surface area contributed by atoms with Crippen LogP contribution < -0.4 is 0 Å².